The van der Waals surface area contributed by atoms with E-state index in [1.165, 1.54) is 7.11 Å². The Labute approximate surface area is 114 Å². The van der Waals surface area contributed by atoms with Crippen molar-refractivity contribution in [3.8, 4) is 5.75 Å². The molecule has 2 rings (SSSR count). The molecule has 0 radical (unpaired) electrons. The van der Waals surface area contributed by atoms with E-state index >= 15 is 0 Å². The fraction of sp³-hybridized carbons (Fsp3) is 0.143. The summed E-state index contributed by atoms with van der Waals surface area (Å²) >= 11 is 0. The highest BCUT2D eigenvalue weighted by Gasteiger charge is 2.26. The Hall–Kier alpha value is -2.76. The van der Waals surface area contributed by atoms with Gasteiger partial charge in [0.05, 0.1) is 25.5 Å². The first-order valence-corrected chi connectivity index (χ1v) is 5.72. The summed E-state index contributed by atoms with van der Waals surface area (Å²) in [6, 6.07) is 6.54. The van der Waals surface area contributed by atoms with Gasteiger partial charge in [0.1, 0.15) is 11.3 Å². The lowest BCUT2D eigenvalue weighted by Crippen LogP contribution is -2.13. The normalized spacial score (nSPS) is 10.3. The topological polar surface area (TPSA) is 98.9 Å². The molecule has 0 aliphatic heterocycles. The number of hydrogen-bond acceptors (Lipinski definition) is 6. The van der Waals surface area contributed by atoms with Crippen molar-refractivity contribution in [3.05, 3.63) is 35.4 Å². The van der Waals surface area contributed by atoms with E-state index in [1.54, 1.807) is 24.3 Å². The molecule has 6 heteroatoms. The minimum absolute atomic E-state index is 0.0290. The molecule has 0 heterocycles. The van der Waals surface area contributed by atoms with Crippen LogP contribution in [0.5, 0.6) is 5.75 Å². The van der Waals surface area contributed by atoms with Gasteiger partial charge >= 0.3 is 11.9 Å². The van der Waals surface area contributed by atoms with Gasteiger partial charge in [-0.3, -0.25) is 0 Å². The van der Waals surface area contributed by atoms with E-state index in [1.807, 2.05) is 0 Å². The number of methoxy groups -OCH3 is 2. The van der Waals surface area contributed by atoms with E-state index in [9.17, 15) is 14.7 Å². The Morgan fingerprint density at radius 2 is 1.50 bits per heavy atom. The number of aromatic hydroxyl groups is 1. The van der Waals surface area contributed by atoms with E-state index < -0.39 is 11.9 Å². The largest absolute Gasteiger partial charge is 0.506 e. The molecule has 0 spiro atoms. The van der Waals surface area contributed by atoms with Crippen molar-refractivity contribution < 1.29 is 24.2 Å². The third-order valence-electron chi connectivity index (χ3n) is 3.01. The van der Waals surface area contributed by atoms with Crippen LogP contribution in [0.3, 0.4) is 0 Å². The third kappa shape index (κ3) is 1.91. The predicted octanol–water partition coefficient (Wildman–Crippen LogP) is 1.70. The van der Waals surface area contributed by atoms with Crippen molar-refractivity contribution in [1.82, 2.24) is 0 Å². The minimum atomic E-state index is -0.823. The minimum Gasteiger partial charge on any atom is -0.506 e. The van der Waals surface area contributed by atoms with Gasteiger partial charge < -0.3 is 20.3 Å². The van der Waals surface area contributed by atoms with Gasteiger partial charge in [0.2, 0.25) is 0 Å². The number of rotatable bonds is 2. The van der Waals surface area contributed by atoms with Crippen molar-refractivity contribution in [2.24, 2.45) is 0 Å². The number of carbonyl (C=O) groups excluding carboxylic acids is 2. The molecule has 6 nitrogen and oxygen atoms in total. The Bertz CT molecular complexity index is 708. The Kier molecular flexibility index (Phi) is 3.47. The molecular weight excluding hydrogens is 262 g/mol. The van der Waals surface area contributed by atoms with Gasteiger partial charge in [-0.05, 0) is 0 Å². The zero-order chi connectivity index (χ0) is 14.9. The summed E-state index contributed by atoms with van der Waals surface area (Å²) in [7, 11) is 2.37. The molecule has 0 aliphatic carbocycles. The fourth-order valence-corrected chi connectivity index (χ4v) is 2.07. The van der Waals surface area contributed by atoms with Gasteiger partial charge in [0, 0.05) is 10.8 Å². The maximum atomic E-state index is 11.9. The number of nitrogen functional groups attached to an aromatic ring is 1. The summed E-state index contributed by atoms with van der Waals surface area (Å²) in [5, 5.41) is 10.9. The molecule has 104 valence electrons. The zero-order valence-corrected chi connectivity index (χ0v) is 11.0. The highest BCUT2D eigenvalue weighted by Crippen LogP contribution is 2.37. The van der Waals surface area contributed by atoms with Gasteiger partial charge in [-0.1, -0.05) is 24.3 Å². The lowest BCUT2D eigenvalue weighted by molar-refractivity contribution is 0.0599. The van der Waals surface area contributed by atoms with Crippen LogP contribution in [0.15, 0.2) is 24.3 Å². The van der Waals surface area contributed by atoms with Crippen molar-refractivity contribution in [2.75, 3.05) is 20.0 Å². The first kappa shape index (κ1) is 13.7. The number of phenols is 1. The molecule has 3 N–H and O–H groups in total. The number of fused-ring (bicyclic) bond motifs is 1. The van der Waals surface area contributed by atoms with Crippen LogP contribution in [-0.4, -0.2) is 31.3 Å². The Morgan fingerprint density at radius 1 is 1.00 bits per heavy atom. The van der Waals surface area contributed by atoms with E-state index in [0.717, 1.165) is 7.11 Å². The van der Waals surface area contributed by atoms with Crippen LogP contribution in [0.1, 0.15) is 20.7 Å². The number of carbonyl (C=O) groups is 2. The monoisotopic (exact) mass is 275 g/mol. The van der Waals surface area contributed by atoms with Crippen LogP contribution in [0.4, 0.5) is 5.69 Å². The fourth-order valence-electron chi connectivity index (χ4n) is 2.07. The molecule has 0 atom stereocenters. The molecular formula is C14H13NO5. The molecule has 0 aromatic heterocycles. The van der Waals surface area contributed by atoms with Crippen molar-refractivity contribution >= 4 is 28.4 Å². The molecule has 0 saturated carbocycles. The van der Waals surface area contributed by atoms with Gasteiger partial charge in [-0.2, -0.15) is 0 Å². The number of nitrogens with two attached hydrogens (primary N) is 1. The Balaban J connectivity index is 2.96. The first-order chi connectivity index (χ1) is 9.52. The lowest BCUT2D eigenvalue weighted by atomic mass is 9.97. The van der Waals surface area contributed by atoms with Crippen LogP contribution in [0.25, 0.3) is 10.8 Å². The molecule has 0 fully saturated rings. The average molecular weight is 275 g/mol. The van der Waals surface area contributed by atoms with Crippen LogP contribution in [-0.2, 0) is 9.47 Å². The van der Waals surface area contributed by atoms with Crippen LogP contribution < -0.4 is 5.73 Å². The van der Waals surface area contributed by atoms with Gasteiger partial charge in [-0.25, -0.2) is 9.59 Å². The molecule has 20 heavy (non-hydrogen) atoms. The van der Waals surface area contributed by atoms with E-state index in [0.29, 0.717) is 10.8 Å². The number of anilines is 1. The molecule has 2 aromatic rings. The number of ether oxygens (including phenoxy) is 2. The zero-order valence-electron chi connectivity index (χ0n) is 11.0. The Morgan fingerprint density at radius 3 is 2.05 bits per heavy atom. The summed E-state index contributed by atoms with van der Waals surface area (Å²) in [6.45, 7) is 0. The van der Waals surface area contributed by atoms with Gasteiger partial charge in [0.25, 0.3) is 0 Å². The summed E-state index contributed by atoms with van der Waals surface area (Å²) in [4.78, 5) is 23.6. The molecule has 0 unspecified atom stereocenters. The van der Waals surface area contributed by atoms with Crippen molar-refractivity contribution in [3.63, 3.8) is 0 Å². The number of esters is 2. The highest BCUT2D eigenvalue weighted by molar-refractivity contribution is 6.17. The van der Waals surface area contributed by atoms with E-state index in [-0.39, 0.29) is 22.6 Å². The third-order valence-corrected chi connectivity index (χ3v) is 3.01. The summed E-state index contributed by atoms with van der Waals surface area (Å²) in [5.41, 5.74) is 5.46. The summed E-state index contributed by atoms with van der Waals surface area (Å²) in [5.74, 6) is -1.84. The van der Waals surface area contributed by atoms with Gasteiger partial charge in [-0.15, -0.1) is 0 Å². The van der Waals surface area contributed by atoms with Crippen LogP contribution >= 0.6 is 0 Å². The van der Waals surface area contributed by atoms with Crippen LogP contribution in [0.2, 0.25) is 0 Å². The van der Waals surface area contributed by atoms with Gasteiger partial charge in [0.15, 0.2) is 0 Å². The summed E-state index contributed by atoms with van der Waals surface area (Å²) < 4.78 is 9.26. The second kappa shape index (κ2) is 5.08. The van der Waals surface area contributed by atoms with E-state index in [4.69, 9.17) is 5.73 Å². The maximum absolute atomic E-state index is 11.9. The first-order valence-electron chi connectivity index (χ1n) is 5.72. The number of benzene rings is 2. The molecule has 2 aromatic carbocycles. The van der Waals surface area contributed by atoms with Crippen LogP contribution in [0, 0.1) is 0 Å². The number of hydrogen-bond donors (Lipinski definition) is 2. The second-order valence-electron chi connectivity index (χ2n) is 4.04. The highest BCUT2D eigenvalue weighted by atomic mass is 16.5. The van der Waals surface area contributed by atoms with E-state index in [2.05, 4.69) is 9.47 Å². The quantitative estimate of drug-likeness (QED) is 0.639. The standard InChI is InChI=1S/C14H13NO5/c1-19-13(17)9-7-5-3-4-6-8(7)12(16)10(11(9)15)14(18)20-2/h3-6,16H,15H2,1-2H3. The number of phenolic OH excluding ortho intramolecular Hbond substituents is 1. The average Bonchev–Trinajstić information content (AvgIpc) is 2.46. The smallest absolute Gasteiger partial charge is 0.343 e. The molecule has 0 bridgehead atoms. The summed E-state index contributed by atoms with van der Waals surface area (Å²) in [6.07, 6.45) is 0. The van der Waals surface area contributed by atoms with Crippen molar-refractivity contribution in [1.29, 1.82) is 0 Å². The predicted molar refractivity (Wildman–Crippen MR) is 72.7 cm³/mol. The maximum Gasteiger partial charge on any atom is 0.343 e. The molecule has 0 aliphatic rings. The molecule has 0 saturated heterocycles. The van der Waals surface area contributed by atoms with Crippen molar-refractivity contribution in [2.45, 2.75) is 0 Å². The second-order valence-corrected chi connectivity index (χ2v) is 4.04. The SMILES string of the molecule is COC(=O)c1c(N)c(C(=O)OC)c2ccccc2c1O. The molecule has 0 amide bonds. The lowest BCUT2D eigenvalue weighted by Gasteiger charge is -2.14.